The van der Waals surface area contributed by atoms with Crippen molar-refractivity contribution < 1.29 is 52.2 Å². The number of benzene rings is 1. The molecule has 0 bridgehead atoms. The Bertz CT molecular complexity index is 2520. The molecule has 6 aliphatic rings. The molecule has 6 atom stereocenters. The zero-order chi connectivity index (χ0) is 53.6. The number of aromatic carboxylic acids is 2. The number of carbonyl (C=O) groups excluding carboxylic acids is 4. The van der Waals surface area contributed by atoms with E-state index >= 15 is 0 Å². The van der Waals surface area contributed by atoms with Crippen molar-refractivity contribution in [2.24, 2.45) is 58.8 Å². The predicted molar refractivity (Wildman–Crippen MR) is 286 cm³/mol. The van der Waals surface area contributed by atoms with Crippen molar-refractivity contribution in [1.82, 2.24) is 14.8 Å². The highest BCUT2D eigenvalue weighted by Gasteiger charge is 2.48. The third kappa shape index (κ3) is 12.6. The summed E-state index contributed by atoms with van der Waals surface area (Å²) in [7, 11) is 0. The van der Waals surface area contributed by atoms with E-state index in [0.717, 1.165) is 79.9 Å². The SMILES string of the molecule is N[C@H](CF)C1CCC(C(=O)N2CC[C@@H](C3CCCCC3)[C@H]2C(=O)Cc2ccc3sc(C(=O)O)cc3c2)CC1.N[C@H](CF)C1CCC(C(=O)N2CC[C@@H](C3CCCCC3)[C@H]2C(=O)Cc2cnc3oc(C(=O)O)cc3c2)CC1. The highest BCUT2D eigenvalue weighted by Crippen LogP contribution is 2.44. The molecule has 14 nitrogen and oxygen atoms in total. The predicted octanol–water partition coefficient (Wildman–Crippen LogP) is 10.1. The summed E-state index contributed by atoms with van der Waals surface area (Å²) in [5.41, 5.74) is 13.6. The van der Waals surface area contributed by atoms with Crippen LogP contribution < -0.4 is 11.5 Å². The van der Waals surface area contributed by atoms with E-state index in [1.165, 1.54) is 55.9 Å². The number of aromatic nitrogens is 1. The average Bonchev–Trinajstić information content (AvgIpc) is 4.30. The molecule has 4 saturated carbocycles. The Morgan fingerprint density at radius 3 is 1.57 bits per heavy atom. The van der Waals surface area contributed by atoms with Gasteiger partial charge in [0.15, 0.2) is 11.6 Å². The van der Waals surface area contributed by atoms with E-state index in [0.29, 0.717) is 61.6 Å². The van der Waals surface area contributed by atoms with Crippen LogP contribution in [0, 0.1) is 47.3 Å². The molecule has 2 amide bonds. The van der Waals surface area contributed by atoms with Gasteiger partial charge in [0.25, 0.3) is 0 Å². The van der Waals surface area contributed by atoms with E-state index < -0.39 is 49.5 Å². The van der Waals surface area contributed by atoms with E-state index in [4.69, 9.17) is 15.9 Å². The summed E-state index contributed by atoms with van der Waals surface area (Å²) in [6.07, 6.45) is 21.1. The minimum atomic E-state index is -1.17. The van der Waals surface area contributed by atoms with Crippen molar-refractivity contribution >= 4 is 67.8 Å². The quantitative estimate of drug-likeness (QED) is 0.0822. The van der Waals surface area contributed by atoms with Gasteiger partial charge in [0.2, 0.25) is 23.3 Å². The molecule has 6 fully saturated rings. The van der Waals surface area contributed by atoms with Gasteiger partial charge in [0, 0.05) is 72.2 Å². The Morgan fingerprint density at radius 2 is 1.09 bits per heavy atom. The maximum atomic E-state index is 14.0. The molecule has 0 spiro atoms. The van der Waals surface area contributed by atoms with Gasteiger partial charge in [0.1, 0.15) is 18.2 Å². The molecular weight excluding hydrogens is 993 g/mol. The second kappa shape index (κ2) is 25.1. The molecule has 0 unspecified atom stereocenters. The van der Waals surface area contributed by atoms with Crippen molar-refractivity contribution in [2.75, 3.05) is 26.4 Å². The summed E-state index contributed by atoms with van der Waals surface area (Å²) < 4.78 is 32.3. The number of amides is 2. The summed E-state index contributed by atoms with van der Waals surface area (Å²) in [6, 6.07) is 8.79. The Balaban J connectivity index is 0.000000186. The van der Waals surface area contributed by atoms with Crippen LogP contribution in [0.4, 0.5) is 8.78 Å². The Morgan fingerprint density at radius 1 is 0.605 bits per heavy atom. The average molecular weight is 1070 g/mol. The number of pyridine rings is 1. The minimum absolute atomic E-state index is 0.0164. The largest absolute Gasteiger partial charge is 0.477 e. The highest BCUT2D eigenvalue weighted by molar-refractivity contribution is 7.20. The maximum Gasteiger partial charge on any atom is 0.371 e. The van der Waals surface area contributed by atoms with Crippen LogP contribution >= 0.6 is 11.3 Å². The number of alkyl halides is 2. The van der Waals surface area contributed by atoms with Gasteiger partial charge in [-0.15, -0.1) is 11.3 Å². The van der Waals surface area contributed by atoms with Gasteiger partial charge in [-0.05, 0) is 140 Å². The van der Waals surface area contributed by atoms with Crippen molar-refractivity contribution in [3.05, 3.63) is 64.4 Å². The van der Waals surface area contributed by atoms with E-state index in [2.05, 4.69) is 4.98 Å². The summed E-state index contributed by atoms with van der Waals surface area (Å²) in [4.78, 5) is 86.3. The van der Waals surface area contributed by atoms with Crippen LogP contribution in [0.3, 0.4) is 0 Å². The third-order valence-electron chi connectivity index (χ3n) is 18.6. The van der Waals surface area contributed by atoms with Gasteiger partial charge < -0.3 is 35.9 Å². The number of ketones is 2. The fourth-order valence-electron chi connectivity index (χ4n) is 14.5. The number of fused-ring (bicyclic) bond motifs is 2. The van der Waals surface area contributed by atoms with Crippen LogP contribution in [-0.4, -0.2) is 111 Å². The number of thiophene rings is 1. The molecule has 4 aromatic rings. The van der Waals surface area contributed by atoms with Gasteiger partial charge in [0.05, 0.1) is 12.1 Å². The first kappa shape index (κ1) is 55.6. The van der Waals surface area contributed by atoms with Crippen molar-refractivity contribution in [1.29, 1.82) is 0 Å². The monoisotopic (exact) mass is 1070 g/mol. The number of carbonyl (C=O) groups is 6. The summed E-state index contributed by atoms with van der Waals surface area (Å²) >= 11 is 1.23. The van der Waals surface area contributed by atoms with Crippen LogP contribution in [0.1, 0.15) is 160 Å². The number of furan rings is 1. The molecule has 6 N–H and O–H groups in total. The fraction of sp³-hybridized carbons (Fsp3) is 0.644. The molecular formula is C59H77F2N5O9S. The second-order valence-electron chi connectivity index (χ2n) is 23.2. The normalized spacial score (nSPS) is 27.5. The zero-order valence-electron chi connectivity index (χ0n) is 43.8. The van der Waals surface area contributed by atoms with E-state index in [-0.39, 0.29) is 88.1 Å². The number of rotatable bonds is 16. The third-order valence-corrected chi connectivity index (χ3v) is 19.7. The molecule has 76 heavy (non-hydrogen) atoms. The molecule has 0 radical (unpaired) electrons. The second-order valence-corrected chi connectivity index (χ2v) is 24.3. The molecule has 4 aliphatic carbocycles. The van der Waals surface area contributed by atoms with Gasteiger partial charge in [-0.1, -0.05) is 70.3 Å². The summed E-state index contributed by atoms with van der Waals surface area (Å²) in [5, 5.41) is 19.9. The van der Waals surface area contributed by atoms with Gasteiger partial charge in [-0.3, -0.25) is 19.2 Å². The first-order valence-electron chi connectivity index (χ1n) is 28.4. The van der Waals surface area contributed by atoms with Crippen molar-refractivity contribution in [2.45, 2.75) is 165 Å². The lowest BCUT2D eigenvalue weighted by Gasteiger charge is -2.37. The molecule has 1 aromatic carbocycles. The molecule has 2 saturated heterocycles. The first-order chi connectivity index (χ1) is 36.7. The standard InChI is InChI=1S/C30H39FN2O4S.C29H38FN3O5/c31-17-24(32)20-7-9-21(10-8-20)29(35)33-13-12-23(19-4-2-1-3-5-19)28(33)25(34)15-18-6-11-26-22(14-18)16-27(38-26)30(36)37;30-15-23(31)19-6-8-20(9-7-19)28(35)33-11-10-22(18-4-2-1-3-5-18)26(33)24(34)13-17-12-21-14-25(29(36)37)38-27(21)32-16-17/h6,11,14,16,19-21,23-24,28H,1-5,7-10,12-13,15,17,32H2,(H,36,37);12,14,16,18-20,22-23,26H,1-11,13,15,31H2,(H,36,37)/t20?,21?,23-,24+,28-;19?,20?,22-,23+,26-/m00/s1. The maximum absolute atomic E-state index is 14.0. The summed E-state index contributed by atoms with van der Waals surface area (Å²) in [6.45, 7) is 0.170. The number of carboxylic acid groups (broad SMARTS) is 2. The summed E-state index contributed by atoms with van der Waals surface area (Å²) in [5.74, 6) is -0.781. The number of likely N-dealkylation sites (tertiary alicyclic amines) is 2. The van der Waals surface area contributed by atoms with E-state index in [1.54, 1.807) is 18.3 Å². The van der Waals surface area contributed by atoms with Crippen LogP contribution in [0.15, 0.2) is 47.0 Å². The van der Waals surface area contributed by atoms with E-state index in [1.807, 2.05) is 28.0 Å². The molecule has 5 heterocycles. The Labute approximate surface area is 448 Å². The van der Waals surface area contributed by atoms with Gasteiger partial charge in [-0.2, -0.15) is 0 Å². The highest BCUT2D eigenvalue weighted by atomic mass is 32.1. The molecule has 10 rings (SSSR count). The lowest BCUT2D eigenvalue weighted by Crippen LogP contribution is -2.48. The Hall–Kier alpha value is -5.13. The lowest BCUT2D eigenvalue weighted by atomic mass is 9.75. The molecule has 2 aliphatic heterocycles. The molecule has 412 valence electrons. The van der Waals surface area contributed by atoms with Crippen molar-refractivity contribution in [3.8, 4) is 0 Å². The molecule has 3 aromatic heterocycles. The number of hydrogen-bond donors (Lipinski definition) is 4. The van der Waals surface area contributed by atoms with Crippen LogP contribution in [0.25, 0.3) is 21.2 Å². The Kier molecular flexibility index (Phi) is 18.4. The lowest BCUT2D eigenvalue weighted by molar-refractivity contribution is -0.143. The number of hydrogen-bond acceptors (Lipinski definition) is 11. The first-order valence-corrected chi connectivity index (χ1v) is 29.2. The van der Waals surface area contributed by atoms with Crippen LogP contribution in [0.2, 0.25) is 0 Å². The smallest absolute Gasteiger partial charge is 0.371 e. The van der Waals surface area contributed by atoms with Gasteiger partial charge in [-0.25, -0.2) is 23.4 Å². The molecule has 17 heteroatoms. The van der Waals surface area contributed by atoms with Crippen LogP contribution in [0.5, 0.6) is 0 Å². The topological polar surface area (TPSA) is 227 Å². The van der Waals surface area contributed by atoms with Crippen LogP contribution in [-0.2, 0) is 32.0 Å². The fourth-order valence-corrected chi connectivity index (χ4v) is 15.4. The van der Waals surface area contributed by atoms with Gasteiger partial charge >= 0.3 is 11.9 Å². The number of Topliss-reactive ketones (excluding diaryl/α,β-unsaturated/α-hetero) is 2. The van der Waals surface area contributed by atoms with Crippen molar-refractivity contribution in [3.63, 3.8) is 0 Å². The minimum Gasteiger partial charge on any atom is -0.477 e. The number of carboxylic acids is 2. The number of nitrogens with zero attached hydrogens (tertiary/aromatic N) is 3. The number of halogens is 2. The van der Waals surface area contributed by atoms with E-state index in [9.17, 15) is 47.8 Å². The zero-order valence-corrected chi connectivity index (χ0v) is 44.6. The number of nitrogens with two attached hydrogens (primary N) is 2.